The fourth-order valence-corrected chi connectivity index (χ4v) is 1.73. The summed E-state index contributed by atoms with van der Waals surface area (Å²) in [5.41, 5.74) is -0.560. The highest BCUT2D eigenvalue weighted by Gasteiger charge is 2.24. The second kappa shape index (κ2) is 7.51. The number of alkyl carbamates (subject to hydrolysis) is 1. The fraction of sp³-hybridized carbons (Fsp3) is 0.833. The first-order valence-corrected chi connectivity index (χ1v) is 7.26. The summed E-state index contributed by atoms with van der Waals surface area (Å²) in [6.07, 6.45) is 2.01. The summed E-state index contributed by atoms with van der Waals surface area (Å²) in [4.78, 5) is 25.0. The number of hydrogen-bond acceptors (Lipinski definition) is 4. The molecule has 0 radical (unpaired) electrons. The molecule has 5 nitrogen and oxygen atoms in total. The normalized spacial score (nSPS) is 12.8. The van der Waals surface area contributed by atoms with Crippen molar-refractivity contribution in [2.75, 3.05) is 26.1 Å². The van der Waals surface area contributed by atoms with E-state index in [2.05, 4.69) is 5.32 Å². The molecule has 0 aliphatic rings. The number of amides is 2. The van der Waals surface area contributed by atoms with E-state index in [9.17, 15) is 9.59 Å². The molecule has 0 heterocycles. The number of thioether (sulfide) groups is 1. The summed E-state index contributed by atoms with van der Waals surface area (Å²) in [5, 5.41) is 2.62. The first kappa shape index (κ1) is 17.1. The van der Waals surface area contributed by atoms with Crippen molar-refractivity contribution >= 4 is 23.8 Å². The summed E-state index contributed by atoms with van der Waals surface area (Å²) in [7, 11) is 3.34. The van der Waals surface area contributed by atoms with Crippen molar-refractivity contribution in [2.45, 2.75) is 38.8 Å². The molecule has 2 amide bonds. The van der Waals surface area contributed by atoms with Crippen LogP contribution in [0.1, 0.15) is 27.2 Å². The minimum absolute atomic E-state index is 0.116. The van der Waals surface area contributed by atoms with Crippen molar-refractivity contribution in [3.63, 3.8) is 0 Å². The summed E-state index contributed by atoms with van der Waals surface area (Å²) in [6.45, 7) is 5.37. The molecule has 0 aromatic rings. The van der Waals surface area contributed by atoms with Crippen molar-refractivity contribution in [3.8, 4) is 0 Å². The van der Waals surface area contributed by atoms with E-state index in [4.69, 9.17) is 4.74 Å². The average Bonchev–Trinajstić information content (AvgIpc) is 2.20. The van der Waals surface area contributed by atoms with Gasteiger partial charge in [0, 0.05) is 14.1 Å². The maximum Gasteiger partial charge on any atom is 0.408 e. The quantitative estimate of drug-likeness (QED) is 0.830. The molecular formula is C12H24N2O3S. The van der Waals surface area contributed by atoms with Gasteiger partial charge in [0.05, 0.1) is 0 Å². The lowest BCUT2D eigenvalue weighted by Crippen LogP contribution is -2.48. The van der Waals surface area contributed by atoms with Gasteiger partial charge in [-0.1, -0.05) is 0 Å². The van der Waals surface area contributed by atoms with E-state index in [1.807, 2.05) is 6.26 Å². The Hall–Kier alpha value is -0.910. The van der Waals surface area contributed by atoms with Crippen molar-refractivity contribution in [2.24, 2.45) is 0 Å². The summed E-state index contributed by atoms with van der Waals surface area (Å²) in [5.74, 6) is 0.690. The highest BCUT2D eigenvalue weighted by atomic mass is 32.2. The van der Waals surface area contributed by atoms with Crippen molar-refractivity contribution < 1.29 is 14.3 Å². The van der Waals surface area contributed by atoms with Crippen LogP contribution in [-0.4, -0.2) is 54.6 Å². The molecule has 6 heteroatoms. The third kappa shape index (κ3) is 7.42. The minimum atomic E-state index is -0.560. The van der Waals surface area contributed by atoms with Crippen LogP contribution in [0.15, 0.2) is 0 Å². The van der Waals surface area contributed by atoms with Gasteiger partial charge in [-0.3, -0.25) is 4.79 Å². The number of nitrogens with one attached hydrogen (secondary N) is 1. The van der Waals surface area contributed by atoms with Crippen LogP contribution in [0.5, 0.6) is 0 Å². The lowest BCUT2D eigenvalue weighted by Gasteiger charge is -2.24. The van der Waals surface area contributed by atoms with Gasteiger partial charge in [0.25, 0.3) is 0 Å². The standard InChI is InChI=1S/C12H24N2O3S/c1-12(2,3)17-11(16)13-9(7-8-18-6)10(15)14(4)5/h9H,7-8H2,1-6H3,(H,13,16)/t9-/m0/s1. The smallest absolute Gasteiger partial charge is 0.408 e. The van der Waals surface area contributed by atoms with Crippen LogP contribution in [0.2, 0.25) is 0 Å². The second-order valence-electron chi connectivity index (χ2n) is 5.21. The molecule has 0 aliphatic carbocycles. The average molecular weight is 276 g/mol. The third-order valence-electron chi connectivity index (χ3n) is 2.04. The SMILES string of the molecule is CSCC[C@H](NC(=O)OC(C)(C)C)C(=O)N(C)C. The van der Waals surface area contributed by atoms with Crippen LogP contribution >= 0.6 is 11.8 Å². The predicted octanol–water partition coefficient (Wildman–Crippen LogP) is 1.72. The lowest BCUT2D eigenvalue weighted by molar-refractivity contribution is -0.131. The number of likely N-dealkylation sites (N-methyl/N-ethyl adjacent to an activating group) is 1. The van der Waals surface area contributed by atoms with Crippen LogP contribution in [0.3, 0.4) is 0 Å². The first-order chi connectivity index (χ1) is 8.17. The fourth-order valence-electron chi connectivity index (χ4n) is 1.25. The van der Waals surface area contributed by atoms with E-state index >= 15 is 0 Å². The van der Waals surface area contributed by atoms with Crippen LogP contribution in [-0.2, 0) is 9.53 Å². The van der Waals surface area contributed by atoms with E-state index in [0.29, 0.717) is 6.42 Å². The number of hydrogen-bond donors (Lipinski definition) is 1. The molecule has 0 bridgehead atoms. The highest BCUT2D eigenvalue weighted by molar-refractivity contribution is 7.98. The molecule has 1 atom stereocenters. The van der Waals surface area contributed by atoms with Crippen LogP contribution in [0, 0.1) is 0 Å². The van der Waals surface area contributed by atoms with Gasteiger partial charge in [-0.25, -0.2) is 4.79 Å². The zero-order valence-electron chi connectivity index (χ0n) is 12.1. The van der Waals surface area contributed by atoms with Gasteiger partial charge in [-0.15, -0.1) is 0 Å². The maximum atomic E-state index is 11.9. The molecule has 106 valence electrons. The van der Waals surface area contributed by atoms with Crippen molar-refractivity contribution in [1.82, 2.24) is 10.2 Å². The Balaban J connectivity index is 4.49. The molecule has 0 fully saturated rings. The van der Waals surface area contributed by atoms with E-state index in [1.165, 1.54) is 4.90 Å². The number of carbonyl (C=O) groups is 2. The van der Waals surface area contributed by atoms with Crippen molar-refractivity contribution in [3.05, 3.63) is 0 Å². The number of nitrogens with zero attached hydrogens (tertiary/aromatic N) is 1. The second-order valence-corrected chi connectivity index (χ2v) is 6.20. The minimum Gasteiger partial charge on any atom is -0.444 e. The van der Waals surface area contributed by atoms with Gasteiger partial charge >= 0.3 is 6.09 Å². The Morgan fingerprint density at radius 3 is 2.28 bits per heavy atom. The molecular weight excluding hydrogens is 252 g/mol. The molecule has 0 rings (SSSR count). The van der Waals surface area contributed by atoms with Crippen LogP contribution < -0.4 is 5.32 Å². The van der Waals surface area contributed by atoms with E-state index in [-0.39, 0.29) is 5.91 Å². The largest absolute Gasteiger partial charge is 0.444 e. The summed E-state index contributed by atoms with van der Waals surface area (Å²) in [6, 6.07) is -0.526. The molecule has 0 saturated heterocycles. The number of rotatable bonds is 5. The maximum absolute atomic E-state index is 11.9. The van der Waals surface area contributed by atoms with Crippen LogP contribution in [0.4, 0.5) is 4.79 Å². The monoisotopic (exact) mass is 276 g/mol. The van der Waals surface area contributed by atoms with Gasteiger partial charge in [0.1, 0.15) is 11.6 Å². The highest BCUT2D eigenvalue weighted by Crippen LogP contribution is 2.08. The van der Waals surface area contributed by atoms with E-state index in [1.54, 1.807) is 46.6 Å². The molecule has 0 aliphatic heterocycles. The molecule has 0 aromatic carbocycles. The van der Waals surface area contributed by atoms with Gasteiger partial charge in [-0.05, 0) is 39.2 Å². The topological polar surface area (TPSA) is 58.6 Å². The molecule has 0 aromatic heterocycles. The van der Waals surface area contributed by atoms with Gasteiger partial charge < -0.3 is 15.0 Å². The van der Waals surface area contributed by atoms with Crippen LogP contribution in [0.25, 0.3) is 0 Å². The molecule has 0 unspecified atom stereocenters. The van der Waals surface area contributed by atoms with Gasteiger partial charge in [0.15, 0.2) is 0 Å². The van der Waals surface area contributed by atoms with E-state index in [0.717, 1.165) is 5.75 Å². The van der Waals surface area contributed by atoms with Gasteiger partial charge in [0.2, 0.25) is 5.91 Å². The van der Waals surface area contributed by atoms with Crippen molar-refractivity contribution in [1.29, 1.82) is 0 Å². The summed E-state index contributed by atoms with van der Waals surface area (Å²) < 4.78 is 5.15. The van der Waals surface area contributed by atoms with Gasteiger partial charge in [-0.2, -0.15) is 11.8 Å². The predicted molar refractivity (Wildman–Crippen MR) is 74.9 cm³/mol. The molecule has 1 N–H and O–H groups in total. The zero-order valence-corrected chi connectivity index (χ0v) is 12.9. The van der Waals surface area contributed by atoms with E-state index < -0.39 is 17.7 Å². The molecule has 0 spiro atoms. The Morgan fingerprint density at radius 2 is 1.89 bits per heavy atom. The Kier molecular flexibility index (Phi) is 7.13. The number of carbonyl (C=O) groups excluding carboxylic acids is 2. The lowest BCUT2D eigenvalue weighted by atomic mass is 10.2. The summed E-state index contributed by atoms with van der Waals surface area (Å²) >= 11 is 1.64. The zero-order chi connectivity index (χ0) is 14.3. The molecule has 18 heavy (non-hydrogen) atoms. The molecule has 0 saturated carbocycles. The number of ether oxygens (including phenoxy) is 1. The third-order valence-corrected chi connectivity index (χ3v) is 2.68. The Morgan fingerprint density at radius 1 is 1.33 bits per heavy atom. The first-order valence-electron chi connectivity index (χ1n) is 5.87. The Bertz CT molecular complexity index is 288. The Labute approximate surface area is 114 Å².